The average Bonchev–Trinajstić information content (AvgIpc) is 2.11. The van der Waals surface area contributed by atoms with Gasteiger partial charge in [0.2, 0.25) is 0 Å². The molecule has 1 rings (SSSR count). The van der Waals surface area contributed by atoms with Crippen LogP contribution in [-0.4, -0.2) is 4.98 Å². The van der Waals surface area contributed by atoms with Crippen molar-refractivity contribution in [3.05, 3.63) is 22.3 Å². The van der Waals surface area contributed by atoms with Crippen LogP contribution < -0.4 is 5.73 Å². The van der Waals surface area contributed by atoms with E-state index in [0.29, 0.717) is 0 Å². The molecule has 2 N–H and O–H groups in total. The fraction of sp³-hybridized carbons (Fsp3) is 0.250. The van der Waals surface area contributed by atoms with Crippen molar-refractivity contribution in [2.24, 2.45) is 0 Å². The molecule has 0 aliphatic rings. The molecule has 0 atom stereocenters. The van der Waals surface area contributed by atoms with Crippen molar-refractivity contribution in [1.29, 1.82) is 5.26 Å². The Balaban J connectivity index is 3.35. The SMILES string of the molecule is N#CCc1c(Cl)cnc(N)c1C(F)F. The third-order valence-electron chi connectivity index (χ3n) is 1.68. The van der Waals surface area contributed by atoms with Gasteiger partial charge in [0.25, 0.3) is 6.43 Å². The monoisotopic (exact) mass is 217 g/mol. The Bertz CT molecular complexity index is 387. The predicted molar refractivity (Wildman–Crippen MR) is 47.9 cm³/mol. The van der Waals surface area contributed by atoms with Gasteiger partial charge in [0.1, 0.15) is 5.82 Å². The molecule has 0 unspecified atom stereocenters. The number of halogens is 3. The first-order valence-electron chi connectivity index (χ1n) is 3.65. The molecular formula is C8H6ClF2N3. The summed E-state index contributed by atoms with van der Waals surface area (Å²) in [5.41, 5.74) is 4.87. The lowest BCUT2D eigenvalue weighted by atomic mass is 10.1. The second kappa shape index (κ2) is 4.20. The Labute approximate surface area is 84.1 Å². The van der Waals surface area contributed by atoms with E-state index in [0.717, 1.165) is 6.20 Å². The third kappa shape index (κ3) is 1.91. The summed E-state index contributed by atoms with van der Waals surface area (Å²) < 4.78 is 25.0. The van der Waals surface area contributed by atoms with E-state index in [1.807, 2.05) is 0 Å². The van der Waals surface area contributed by atoms with Crippen LogP contribution in [0.3, 0.4) is 0 Å². The largest absolute Gasteiger partial charge is 0.383 e. The number of hydrogen-bond acceptors (Lipinski definition) is 3. The number of nitriles is 1. The van der Waals surface area contributed by atoms with Gasteiger partial charge < -0.3 is 5.73 Å². The number of rotatable bonds is 2. The number of anilines is 1. The first-order chi connectivity index (χ1) is 6.57. The zero-order valence-corrected chi connectivity index (χ0v) is 7.72. The Morgan fingerprint density at radius 3 is 2.79 bits per heavy atom. The van der Waals surface area contributed by atoms with Crippen molar-refractivity contribution in [3.63, 3.8) is 0 Å². The highest BCUT2D eigenvalue weighted by molar-refractivity contribution is 6.31. The van der Waals surface area contributed by atoms with Crippen LogP contribution in [0.4, 0.5) is 14.6 Å². The minimum absolute atomic E-state index is 0.0380. The Kier molecular flexibility index (Phi) is 3.20. The molecule has 0 spiro atoms. The molecule has 0 saturated heterocycles. The smallest absolute Gasteiger partial charge is 0.267 e. The van der Waals surface area contributed by atoms with Gasteiger partial charge in [-0.3, -0.25) is 0 Å². The molecule has 1 aromatic heterocycles. The number of nitrogens with two attached hydrogens (primary N) is 1. The molecule has 14 heavy (non-hydrogen) atoms. The van der Waals surface area contributed by atoms with Gasteiger partial charge in [-0.25, -0.2) is 13.8 Å². The van der Waals surface area contributed by atoms with Crippen LogP contribution >= 0.6 is 11.6 Å². The molecular weight excluding hydrogens is 212 g/mol. The van der Waals surface area contributed by atoms with Gasteiger partial charge in [-0.2, -0.15) is 5.26 Å². The van der Waals surface area contributed by atoms with Gasteiger partial charge in [0.15, 0.2) is 0 Å². The molecule has 0 aliphatic heterocycles. The van der Waals surface area contributed by atoms with Gasteiger partial charge in [-0.15, -0.1) is 0 Å². The highest BCUT2D eigenvalue weighted by Gasteiger charge is 2.19. The quantitative estimate of drug-likeness (QED) is 0.827. The summed E-state index contributed by atoms with van der Waals surface area (Å²) >= 11 is 5.62. The van der Waals surface area contributed by atoms with Gasteiger partial charge in [-0.1, -0.05) is 11.6 Å². The van der Waals surface area contributed by atoms with Crippen LogP contribution in [0.25, 0.3) is 0 Å². The van der Waals surface area contributed by atoms with E-state index in [1.165, 1.54) is 0 Å². The van der Waals surface area contributed by atoms with Crippen molar-refractivity contribution < 1.29 is 8.78 Å². The maximum atomic E-state index is 12.5. The summed E-state index contributed by atoms with van der Waals surface area (Å²) in [4.78, 5) is 3.50. The lowest BCUT2D eigenvalue weighted by Crippen LogP contribution is -2.03. The molecule has 0 aromatic carbocycles. The number of alkyl halides is 2. The fourth-order valence-corrected chi connectivity index (χ4v) is 1.28. The topological polar surface area (TPSA) is 62.7 Å². The molecule has 0 radical (unpaired) electrons. The zero-order chi connectivity index (χ0) is 10.7. The minimum Gasteiger partial charge on any atom is -0.383 e. The van der Waals surface area contributed by atoms with Crippen LogP contribution in [0.2, 0.25) is 5.02 Å². The Morgan fingerprint density at radius 1 is 1.64 bits per heavy atom. The first-order valence-corrected chi connectivity index (χ1v) is 4.03. The highest BCUT2D eigenvalue weighted by Crippen LogP contribution is 2.31. The maximum absolute atomic E-state index is 12.5. The second-order valence-electron chi connectivity index (χ2n) is 2.52. The summed E-state index contributed by atoms with van der Waals surface area (Å²) in [6, 6.07) is 1.75. The van der Waals surface area contributed by atoms with Crippen molar-refractivity contribution in [1.82, 2.24) is 4.98 Å². The Hall–Kier alpha value is -1.41. The standard InChI is InChI=1S/C8H6ClF2N3/c9-5-3-14-8(13)6(7(10)11)4(5)1-2-12/h3,7H,1H2,(H2,13,14). The molecule has 74 valence electrons. The van der Waals surface area contributed by atoms with Crippen molar-refractivity contribution >= 4 is 17.4 Å². The van der Waals surface area contributed by atoms with E-state index in [4.69, 9.17) is 22.6 Å². The molecule has 0 fully saturated rings. The highest BCUT2D eigenvalue weighted by atomic mass is 35.5. The summed E-state index contributed by atoms with van der Waals surface area (Å²) in [6.07, 6.45) is -1.81. The molecule has 0 saturated carbocycles. The summed E-state index contributed by atoms with van der Waals surface area (Å²) in [5.74, 6) is -0.283. The van der Waals surface area contributed by atoms with Gasteiger partial charge >= 0.3 is 0 Å². The fourth-order valence-electron chi connectivity index (χ4n) is 1.06. The first kappa shape index (κ1) is 10.7. The normalized spacial score (nSPS) is 10.2. The van der Waals surface area contributed by atoms with Gasteiger partial charge in [-0.05, 0) is 5.56 Å². The van der Waals surface area contributed by atoms with E-state index >= 15 is 0 Å². The van der Waals surface area contributed by atoms with Crippen LogP contribution in [0.5, 0.6) is 0 Å². The molecule has 0 bridgehead atoms. The zero-order valence-electron chi connectivity index (χ0n) is 6.97. The number of hydrogen-bond donors (Lipinski definition) is 1. The van der Waals surface area contributed by atoms with Crippen LogP contribution in [-0.2, 0) is 6.42 Å². The second-order valence-corrected chi connectivity index (χ2v) is 2.93. The molecule has 1 heterocycles. The van der Waals surface area contributed by atoms with E-state index in [-0.39, 0.29) is 22.8 Å². The van der Waals surface area contributed by atoms with E-state index in [2.05, 4.69) is 4.98 Å². The average molecular weight is 218 g/mol. The predicted octanol–water partition coefficient (Wildman–Crippen LogP) is 2.32. The van der Waals surface area contributed by atoms with E-state index < -0.39 is 12.0 Å². The molecule has 1 aromatic rings. The van der Waals surface area contributed by atoms with Crippen molar-refractivity contribution in [2.45, 2.75) is 12.8 Å². The Morgan fingerprint density at radius 2 is 2.29 bits per heavy atom. The van der Waals surface area contributed by atoms with Crippen LogP contribution in [0.1, 0.15) is 17.6 Å². The van der Waals surface area contributed by atoms with E-state index in [1.54, 1.807) is 6.07 Å². The summed E-state index contributed by atoms with van der Waals surface area (Å²) in [5, 5.41) is 8.46. The third-order valence-corrected chi connectivity index (χ3v) is 2.01. The van der Waals surface area contributed by atoms with Crippen LogP contribution in [0.15, 0.2) is 6.20 Å². The number of pyridine rings is 1. The van der Waals surface area contributed by atoms with Gasteiger partial charge in [0.05, 0.1) is 23.1 Å². The van der Waals surface area contributed by atoms with Crippen molar-refractivity contribution in [2.75, 3.05) is 5.73 Å². The van der Waals surface area contributed by atoms with E-state index in [9.17, 15) is 8.78 Å². The molecule has 3 nitrogen and oxygen atoms in total. The van der Waals surface area contributed by atoms with Gasteiger partial charge in [0, 0.05) is 6.20 Å². The molecule has 6 heteroatoms. The maximum Gasteiger partial charge on any atom is 0.267 e. The molecule has 0 aliphatic carbocycles. The lowest BCUT2D eigenvalue weighted by Gasteiger charge is -2.09. The molecule has 0 amide bonds. The minimum atomic E-state index is -2.77. The number of aromatic nitrogens is 1. The lowest BCUT2D eigenvalue weighted by molar-refractivity contribution is 0.151. The number of nitrogens with zero attached hydrogens (tertiary/aromatic N) is 2. The number of nitrogen functional groups attached to an aromatic ring is 1. The summed E-state index contributed by atoms with van der Waals surface area (Å²) in [7, 11) is 0. The summed E-state index contributed by atoms with van der Waals surface area (Å²) in [6.45, 7) is 0. The van der Waals surface area contributed by atoms with Crippen molar-refractivity contribution in [3.8, 4) is 6.07 Å². The van der Waals surface area contributed by atoms with Crippen LogP contribution in [0, 0.1) is 11.3 Å².